The SMILES string of the molecule is O=C(c1cc2c([nH]c1=O)CCCC2)N1CCO[C@@H](c2cnccn2)C1. The van der Waals surface area contributed by atoms with E-state index in [1.807, 2.05) is 0 Å². The van der Waals surface area contributed by atoms with Crippen LogP contribution < -0.4 is 5.56 Å². The lowest BCUT2D eigenvalue weighted by Gasteiger charge is -2.32. The van der Waals surface area contributed by atoms with E-state index >= 15 is 0 Å². The third kappa shape index (κ3) is 3.19. The van der Waals surface area contributed by atoms with Gasteiger partial charge in [0.1, 0.15) is 11.7 Å². The molecule has 1 atom stereocenters. The Balaban J connectivity index is 1.57. The van der Waals surface area contributed by atoms with Crippen LogP contribution in [0.1, 0.15) is 46.3 Å². The molecule has 7 heteroatoms. The van der Waals surface area contributed by atoms with Gasteiger partial charge in [-0.05, 0) is 37.3 Å². The van der Waals surface area contributed by atoms with Crippen LogP contribution in [0.3, 0.4) is 0 Å². The number of nitrogens with zero attached hydrogens (tertiary/aromatic N) is 3. The van der Waals surface area contributed by atoms with Crippen LogP contribution in [0.4, 0.5) is 0 Å². The summed E-state index contributed by atoms with van der Waals surface area (Å²) in [7, 11) is 0. The second-order valence-electron chi connectivity index (χ2n) is 6.46. The monoisotopic (exact) mass is 340 g/mol. The Morgan fingerprint density at radius 2 is 2.16 bits per heavy atom. The molecule has 0 bridgehead atoms. The number of amides is 1. The number of hydrogen-bond donors (Lipinski definition) is 1. The second kappa shape index (κ2) is 6.76. The number of ether oxygens (including phenoxy) is 1. The number of hydrogen-bond acceptors (Lipinski definition) is 5. The van der Waals surface area contributed by atoms with Crippen LogP contribution in [-0.4, -0.2) is 45.5 Å². The number of aryl methyl sites for hydroxylation is 2. The first kappa shape index (κ1) is 16.0. The van der Waals surface area contributed by atoms with Crippen molar-refractivity contribution >= 4 is 5.91 Å². The molecule has 0 saturated carbocycles. The minimum Gasteiger partial charge on any atom is -0.368 e. The van der Waals surface area contributed by atoms with E-state index in [0.29, 0.717) is 25.4 Å². The number of carbonyl (C=O) groups excluding carboxylic acids is 1. The molecule has 0 radical (unpaired) electrons. The topological polar surface area (TPSA) is 88.2 Å². The summed E-state index contributed by atoms with van der Waals surface area (Å²) >= 11 is 0. The molecule has 2 aliphatic rings. The molecule has 1 aliphatic carbocycles. The average molecular weight is 340 g/mol. The first-order valence-corrected chi connectivity index (χ1v) is 8.64. The molecule has 1 aliphatic heterocycles. The fourth-order valence-electron chi connectivity index (χ4n) is 3.49. The van der Waals surface area contributed by atoms with E-state index < -0.39 is 0 Å². The van der Waals surface area contributed by atoms with Crippen molar-refractivity contribution in [1.82, 2.24) is 19.9 Å². The summed E-state index contributed by atoms with van der Waals surface area (Å²) in [6.45, 7) is 1.25. The fraction of sp³-hybridized carbons (Fsp3) is 0.444. The summed E-state index contributed by atoms with van der Waals surface area (Å²) in [6, 6.07) is 1.78. The third-order valence-electron chi connectivity index (χ3n) is 4.84. The normalized spacial score (nSPS) is 20.2. The lowest BCUT2D eigenvalue weighted by molar-refractivity contribution is -0.0249. The molecule has 0 unspecified atom stereocenters. The Kier molecular flexibility index (Phi) is 4.31. The van der Waals surface area contributed by atoms with Crippen LogP contribution in [0.5, 0.6) is 0 Å². The number of rotatable bonds is 2. The van der Waals surface area contributed by atoms with Gasteiger partial charge in [-0.25, -0.2) is 0 Å². The Morgan fingerprint density at radius 3 is 3.00 bits per heavy atom. The first-order chi connectivity index (χ1) is 12.2. The van der Waals surface area contributed by atoms with E-state index in [1.165, 1.54) is 0 Å². The van der Waals surface area contributed by atoms with E-state index in [2.05, 4.69) is 15.0 Å². The summed E-state index contributed by atoms with van der Waals surface area (Å²) in [5.74, 6) is -0.244. The zero-order valence-corrected chi connectivity index (χ0v) is 13.9. The van der Waals surface area contributed by atoms with Gasteiger partial charge in [-0.3, -0.25) is 19.6 Å². The van der Waals surface area contributed by atoms with Crippen molar-refractivity contribution in [3.8, 4) is 0 Å². The van der Waals surface area contributed by atoms with Crippen molar-refractivity contribution in [2.75, 3.05) is 19.7 Å². The van der Waals surface area contributed by atoms with Crippen molar-refractivity contribution in [2.45, 2.75) is 31.8 Å². The van der Waals surface area contributed by atoms with Crippen molar-refractivity contribution in [2.24, 2.45) is 0 Å². The maximum Gasteiger partial charge on any atom is 0.261 e. The summed E-state index contributed by atoms with van der Waals surface area (Å²) in [4.78, 5) is 38.1. The van der Waals surface area contributed by atoms with Crippen LogP contribution in [0.2, 0.25) is 0 Å². The number of aromatic amines is 1. The largest absolute Gasteiger partial charge is 0.368 e. The zero-order chi connectivity index (χ0) is 17.2. The Bertz CT molecular complexity index is 834. The van der Waals surface area contributed by atoms with Gasteiger partial charge in [0.15, 0.2) is 0 Å². The summed E-state index contributed by atoms with van der Waals surface area (Å²) in [5.41, 5.74) is 2.69. The molecule has 7 nitrogen and oxygen atoms in total. The summed E-state index contributed by atoms with van der Waals surface area (Å²) in [5, 5.41) is 0. The molecule has 0 aromatic carbocycles. The van der Waals surface area contributed by atoms with Crippen molar-refractivity contribution in [1.29, 1.82) is 0 Å². The van der Waals surface area contributed by atoms with Crippen molar-refractivity contribution in [3.63, 3.8) is 0 Å². The van der Waals surface area contributed by atoms with Crippen LogP contribution in [0, 0.1) is 0 Å². The molecular weight excluding hydrogens is 320 g/mol. The second-order valence-corrected chi connectivity index (χ2v) is 6.46. The molecule has 1 amide bonds. The van der Waals surface area contributed by atoms with Crippen LogP contribution in [0.15, 0.2) is 29.5 Å². The number of H-pyrrole nitrogens is 1. The predicted molar refractivity (Wildman–Crippen MR) is 90.3 cm³/mol. The van der Waals surface area contributed by atoms with Crippen molar-refractivity contribution < 1.29 is 9.53 Å². The first-order valence-electron chi connectivity index (χ1n) is 8.64. The molecule has 4 rings (SSSR count). The number of aromatic nitrogens is 3. The van der Waals surface area contributed by atoms with E-state index in [-0.39, 0.29) is 23.1 Å². The fourth-order valence-corrected chi connectivity index (χ4v) is 3.49. The highest BCUT2D eigenvalue weighted by Gasteiger charge is 2.29. The number of morpholine rings is 1. The van der Waals surface area contributed by atoms with Gasteiger partial charge in [0.2, 0.25) is 0 Å². The molecular formula is C18H20N4O3. The highest BCUT2D eigenvalue weighted by atomic mass is 16.5. The minimum atomic E-state index is -0.317. The van der Waals surface area contributed by atoms with Gasteiger partial charge in [0.05, 0.1) is 25.0 Å². The highest BCUT2D eigenvalue weighted by molar-refractivity contribution is 5.94. The van der Waals surface area contributed by atoms with Gasteiger partial charge in [0.25, 0.3) is 11.5 Å². The Hall–Kier alpha value is -2.54. The van der Waals surface area contributed by atoms with E-state index in [1.54, 1.807) is 29.6 Å². The molecule has 25 heavy (non-hydrogen) atoms. The van der Waals surface area contributed by atoms with Gasteiger partial charge >= 0.3 is 0 Å². The lowest BCUT2D eigenvalue weighted by atomic mass is 9.95. The summed E-state index contributed by atoms with van der Waals surface area (Å²) in [6.07, 6.45) is 8.50. The molecule has 2 aromatic rings. The lowest BCUT2D eigenvalue weighted by Crippen LogP contribution is -2.44. The Labute approximate surface area is 145 Å². The maximum absolute atomic E-state index is 12.9. The van der Waals surface area contributed by atoms with Gasteiger partial charge in [0, 0.05) is 24.6 Å². The molecule has 1 fully saturated rings. The van der Waals surface area contributed by atoms with Gasteiger partial charge < -0.3 is 14.6 Å². The number of nitrogens with one attached hydrogen (secondary N) is 1. The Morgan fingerprint density at radius 1 is 1.28 bits per heavy atom. The van der Waals surface area contributed by atoms with Crippen LogP contribution in [0.25, 0.3) is 0 Å². The van der Waals surface area contributed by atoms with Gasteiger partial charge in [-0.15, -0.1) is 0 Å². The molecule has 2 aromatic heterocycles. The van der Waals surface area contributed by atoms with Crippen LogP contribution >= 0.6 is 0 Å². The zero-order valence-electron chi connectivity index (χ0n) is 13.9. The quantitative estimate of drug-likeness (QED) is 0.889. The van der Waals surface area contributed by atoms with Crippen LogP contribution in [-0.2, 0) is 17.6 Å². The molecule has 130 valence electrons. The average Bonchev–Trinajstić information content (AvgIpc) is 2.68. The molecule has 1 N–H and O–H groups in total. The molecule has 3 heterocycles. The predicted octanol–water partition coefficient (Wildman–Crippen LogP) is 1.26. The standard InChI is InChI=1S/C18H20N4O3/c23-17-13(9-12-3-1-2-4-14(12)21-17)18(24)22-7-8-25-16(11-22)15-10-19-5-6-20-15/h5-6,9-10,16H,1-4,7-8,11H2,(H,21,23)/t16-/m1/s1. The highest BCUT2D eigenvalue weighted by Crippen LogP contribution is 2.22. The number of pyridine rings is 1. The molecule has 1 saturated heterocycles. The number of carbonyl (C=O) groups is 1. The minimum absolute atomic E-state index is 0.223. The maximum atomic E-state index is 12.9. The molecule has 0 spiro atoms. The van der Waals surface area contributed by atoms with E-state index in [4.69, 9.17) is 4.74 Å². The summed E-state index contributed by atoms with van der Waals surface area (Å²) < 4.78 is 5.72. The number of fused-ring (bicyclic) bond motifs is 1. The van der Waals surface area contributed by atoms with E-state index in [0.717, 1.165) is 36.9 Å². The smallest absolute Gasteiger partial charge is 0.261 e. The van der Waals surface area contributed by atoms with Gasteiger partial charge in [-0.1, -0.05) is 0 Å². The third-order valence-corrected chi connectivity index (χ3v) is 4.84. The van der Waals surface area contributed by atoms with Gasteiger partial charge in [-0.2, -0.15) is 0 Å². The van der Waals surface area contributed by atoms with E-state index in [9.17, 15) is 9.59 Å². The van der Waals surface area contributed by atoms with Crippen molar-refractivity contribution in [3.05, 3.63) is 57.5 Å².